The van der Waals surface area contributed by atoms with Gasteiger partial charge in [-0.25, -0.2) is 4.98 Å². The number of imidazole rings is 1. The molecule has 16 heavy (non-hydrogen) atoms. The zero-order chi connectivity index (χ0) is 11.1. The van der Waals surface area contributed by atoms with E-state index in [2.05, 4.69) is 34.1 Å². The third-order valence-corrected chi connectivity index (χ3v) is 2.70. The average Bonchev–Trinajstić information content (AvgIpc) is 2.82. The van der Waals surface area contributed by atoms with Crippen LogP contribution < -0.4 is 0 Å². The van der Waals surface area contributed by atoms with Gasteiger partial charge in [0.05, 0.1) is 11.0 Å². The van der Waals surface area contributed by atoms with Crippen molar-refractivity contribution in [2.24, 2.45) is 7.05 Å². The van der Waals surface area contributed by atoms with Gasteiger partial charge in [0.1, 0.15) is 5.69 Å². The molecule has 3 aromatic rings. The van der Waals surface area contributed by atoms with E-state index in [0.717, 1.165) is 22.6 Å². The molecule has 0 spiro atoms. The second-order valence-electron chi connectivity index (χ2n) is 3.95. The van der Waals surface area contributed by atoms with E-state index in [1.807, 2.05) is 23.9 Å². The van der Waals surface area contributed by atoms with Crippen LogP contribution in [0.15, 0.2) is 30.5 Å². The molecule has 0 saturated heterocycles. The molecule has 0 bridgehead atoms. The summed E-state index contributed by atoms with van der Waals surface area (Å²) in [6, 6.07) is 8.14. The number of nitrogens with one attached hydrogen (secondary N) is 1. The smallest absolute Gasteiger partial charge is 0.156 e. The molecule has 80 valence electrons. The Kier molecular flexibility index (Phi) is 1.83. The second-order valence-corrected chi connectivity index (χ2v) is 3.95. The molecule has 0 amide bonds. The Morgan fingerprint density at radius 3 is 2.88 bits per heavy atom. The van der Waals surface area contributed by atoms with E-state index in [0.29, 0.717) is 0 Å². The number of aromatic amines is 1. The Labute approximate surface area is 92.9 Å². The summed E-state index contributed by atoms with van der Waals surface area (Å²) in [6.45, 7) is 2.07. The summed E-state index contributed by atoms with van der Waals surface area (Å²) in [4.78, 5) is 7.85. The van der Waals surface area contributed by atoms with E-state index in [1.54, 1.807) is 6.20 Å². The lowest BCUT2D eigenvalue weighted by atomic mass is 10.2. The van der Waals surface area contributed by atoms with Crippen LogP contribution in [-0.2, 0) is 7.05 Å². The molecule has 0 atom stereocenters. The number of rotatable bonds is 1. The highest BCUT2D eigenvalue weighted by Crippen LogP contribution is 2.20. The van der Waals surface area contributed by atoms with Crippen molar-refractivity contribution in [1.82, 2.24) is 19.7 Å². The van der Waals surface area contributed by atoms with E-state index in [4.69, 9.17) is 0 Å². The van der Waals surface area contributed by atoms with Gasteiger partial charge in [0.25, 0.3) is 0 Å². The van der Waals surface area contributed by atoms with Gasteiger partial charge in [-0.15, -0.1) is 0 Å². The third-order valence-electron chi connectivity index (χ3n) is 2.70. The summed E-state index contributed by atoms with van der Waals surface area (Å²) in [5, 5.41) is 4.14. The fourth-order valence-corrected chi connectivity index (χ4v) is 1.85. The van der Waals surface area contributed by atoms with E-state index < -0.39 is 0 Å². The van der Waals surface area contributed by atoms with E-state index in [-0.39, 0.29) is 0 Å². The quantitative estimate of drug-likeness (QED) is 0.672. The third kappa shape index (κ3) is 1.31. The largest absolute Gasteiger partial charge is 0.337 e. The molecule has 0 aliphatic heterocycles. The lowest BCUT2D eigenvalue weighted by molar-refractivity contribution is 0.771. The fraction of sp³-hybridized carbons (Fsp3) is 0.167. The first kappa shape index (κ1) is 9.15. The summed E-state index contributed by atoms with van der Waals surface area (Å²) < 4.78 is 1.81. The molecule has 0 aliphatic rings. The molecule has 0 fully saturated rings. The van der Waals surface area contributed by atoms with Gasteiger partial charge in [-0.05, 0) is 30.7 Å². The van der Waals surface area contributed by atoms with Crippen molar-refractivity contribution in [3.8, 4) is 11.5 Å². The van der Waals surface area contributed by atoms with Crippen molar-refractivity contribution in [3.05, 3.63) is 36.0 Å². The van der Waals surface area contributed by atoms with Crippen molar-refractivity contribution in [2.75, 3.05) is 0 Å². The van der Waals surface area contributed by atoms with E-state index in [1.165, 1.54) is 5.56 Å². The maximum Gasteiger partial charge on any atom is 0.156 e. The van der Waals surface area contributed by atoms with Gasteiger partial charge in [-0.2, -0.15) is 5.10 Å². The van der Waals surface area contributed by atoms with Crippen LogP contribution in [0.4, 0.5) is 0 Å². The number of aromatic nitrogens is 4. The van der Waals surface area contributed by atoms with Crippen LogP contribution in [0.2, 0.25) is 0 Å². The van der Waals surface area contributed by atoms with Crippen LogP contribution >= 0.6 is 0 Å². The van der Waals surface area contributed by atoms with Gasteiger partial charge in [0, 0.05) is 13.2 Å². The van der Waals surface area contributed by atoms with Gasteiger partial charge in [-0.3, -0.25) is 4.68 Å². The highest BCUT2D eigenvalue weighted by atomic mass is 15.3. The Hall–Kier alpha value is -2.10. The molecule has 3 rings (SSSR count). The lowest BCUT2D eigenvalue weighted by Crippen LogP contribution is -1.94. The molecule has 0 unspecified atom stereocenters. The zero-order valence-corrected chi connectivity index (χ0v) is 9.23. The maximum atomic E-state index is 4.54. The summed E-state index contributed by atoms with van der Waals surface area (Å²) >= 11 is 0. The van der Waals surface area contributed by atoms with Gasteiger partial charge in [-0.1, -0.05) is 6.07 Å². The number of hydrogen-bond acceptors (Lipinski definition) is 2. The maximum absolute atomic E-state index is 4.54. The molecule has 2 heterocycles. The monoisotopic (exact) mass is 212 g/mol. The van der Waals surface area contributed by atoms with Crippen LogP contribution in [0.5, 0.6) is 0 Å². The minimum atomic E-state index is 0.862. The SMILES string of the molecule is Cc1ccc2nc(-c3ccnn3C)[nH]c2c1. The van der Waals surface area contributed by atoms with Crippen LogP contribution in [0.25, 0.3) is 22.6 Å². The number of fused-ring (bicyclic) bond motifs is 1. The van der Waals surface area contributed by atoms with Crippen LogP contribution in [-0.4, -0.2) is 19.7 Å². The molecule has 1 aromatic carbocycles. The van der Waals surface area contributed by atoms with Crippen molar-refractivity contribution in [1.29, 1.82) is 0 Å². The first-order valence-electron chi connectivity index (χ1n) is 5.19. The summed E-state index contributed by atoms with van der Waals surface area (Å²) in [5.41, 5.74) is 4.28. The predicted octanol–water partition coefficient (Wildman–Crippen LogP) is 2.27. The number of aryl methyl sites for hydroxylation is 2. The molecule has 0 aliphatic carbocycles. The molecule has 0 radical (unpaired) electrons. The van der Waals surface area contributed by atoms with Gasteiger partial charge >= 0.3 is 0 Å². The minimum absolute atomic E-state index is 0.862. The normalized spacial score (nSPS) is 11.1. The van der Waals surface area contributed by atoms with Crippen molar-refractivity contribution >= 4 is 11.0 Å². The Morgan fingerprint density at radius 2 is 2.12 bits per heavy atom. The highest BCUT2D eigenvalue weighted by molar-refractivity contribution is 5.79. The molecule has 2 aromatic heterocycles. The zero-order valence-electron chi connectivity index (χ0n) is 9.23. The minimum Gasteiger partial charge on any atom is -0.337 e. The van der Waals surface area contributed by atoms with Gasteiger partial charge in [0.15, 0.2) is 5.82 Å². The molecular formula is C12H12N4. The van der Waals surface area contributed by atoms with E-state index in [9.17, 15) is 0 Å². The Bertz CT molecular complexity index is 648. The summed E-state index contributed by atoms with van der Waals surface area (Å²) in [6.07, 6.45) is 1.77. The topological polar surface area (TPSA) is 46.5 Å². The lowest BCUT2D eigenvalue weighted by Gasteiger charge is -1.95. The Morgan fingerprint density at radius 1 is 1.25 bits per heavy atom. The van der Waals surface area contributed by atoms with Gasteiger partial charge < -0.3 is 4.98 Å². The summed E-state index contributed by atoms with van der Waals surface area (Å²) in [5.74, 6) is 0.862. The fourth-order valence-electron chi connectivity index (χ4n) is 1.85. The standard InChI is InChI=1S/C12H12N4/c1-8-3-4-9-10(7-8)15-12(14-9)11-5-6-13-16(11)2/h3-7H,1-2H3,(H,14,15). The van der Waals surface area contributed by atoms with Crippen molar-refractivity contribution in [3.63, 3.8) is 0 Å². The summed E-state index contributed by atoms with van der Waals surface area (Å²) in [7, 11) is 1.91. The Balaban J connectivity index is 2.23. The molecule has 1 N–H and O–H groups in total. The molecule has 0 saturated carbocycles. The number of benzene rings is 1. The molecular weight excluding hydrogens is 200 g/mol. The van der Waals surface area contributed by atoms with Crippen molar-refractivity contribution in [2.45, 2.75) is 6.92 Å². The number of nitrogens with zero attached hydrogens (tertiary/aromatic N) is 3. The highest BCUT2D eigenvalue weighted by Gasteiger charge is 2.07. The van der Waals surface area contributed by atoms with Crippen LogP contribution in [0, 0.1) is 6.92 Å². The predicted molar refractivity (Wildman–Crippen MR) is 63.0 cm³/mol. The van der Waals surface area contributed by atoms with E-state index >= 15 is 0 Å². The first-order chi connectivity index (χ1) is 7.74. The van der Waals surface area contributed by atoms with Crippen LogP contribution in [0.1, 0.15) is 5.56 Å². The number of H-pyrrole nitrogens is 1. The van der Waals surface area contributed by atoms with Gasteiger partial charge in [0.2, 0.25) is 0 Å². The molecule has 4 heteroatoms. The second kappa shape index (κ2) is 3.20. The van der Waals surface area contributed by atoms with Crippen LogP contribution in [0.3, 0.4) is 0 Å². The van der Waals surface area contributed by atoms with Crippen molar-refractivity contribution < 1.29 is 0 Å². The number of hydrogen-bond donors (Lipinski definition) is 1. The molecule has 4 nitrogen and oxygen atoms in total. The first-order valence-corrected chi connectivity index (χ1v) is 5.19. The average molecular weight is 212 g/mol.